The van der Waals surface area contributed by atoms with Crippen LogP contribution in [0.4, 0.5) is 13.2 Å². The number of halogens is 3. The van der Waals surface area contributed by atoms with E-state index in [1.165, 1.54) is 6.20 Å². The molecule has 0 amide bonds. The van der Waals surface area contributed by atoms with Crippen LogP contribution in [-0.4, -0.2) is 15.0 Å². The predicted octanol–water partition coefficient (Wildman–Crippen LogP) is 10.5. The highest BCUT2D eigenvalue weighted by Crippen LogP contribution is 2.29. The molecule has 0 unspecified atom stereocenters. The fourth-order valence-corrected chi connectivity index (χ4v) is 2.66. The molecule has 0 N–H and O–H groups in total. The van der Waals surface area contributed by atoms with E-state index >= 15 is 0 Å². The Morgan fingerprint density at radius 1 is 0.610 bits per heavy atom. The molecule has 0 aromatic carbocycles. The molecule has 5 nitrogen and oxygen atoms in total. The van der Waals surface area contributed by atoms with Gasteiger partial charge in [-0.3, -0.25) is 9.97 Å². The van der Waals surface area contributed by atoms with Crippen molar-refractivity contribution in [2.75, 3.05) is 0 Å². The average Bonchev–Trinajstić information content (AvgIpc) is 3.00. The van der Waals surface area contributed by atoms with Crippen LogP contribution in [0.2, 0.25) is 0 Å². The Morgan fingerprint density at radius 2 is 1.07 bits per heavy atom. The minimum atomic E-state index is -4.34. The van der Waals surface area contributed by atoms with Crippen molar-refractivity contribution in [3.63, 3.8) is 0 Å². The lowest BCUT2D eigenvalue weighted by atomic mass is 10.0. The number of rotatable bonds is 3. The van der Waals surface area contributed by atoms with Crippen LogP contribution in [0.5, 0.6) is 0 Å². The largest absolute Gasteiger partial charge is 0.433 e. The van der Waals surface area contributed by atoms with Crippen LogP contribution in [0, 0.1) is 22.7 Å². The molecule has 0 aliphatic heterocycles. The third-order valence-corrected chi connectivity index (χ3v) is 4.81. The first-order valence-corrected chi connectivity index (χ1v) is 14.1. The van der Waals surface area contributed by atoms with E-state index in [1.807, 2.05) is 79.7 Å². The summed E-state index contributed by atoms with van der Waals surface area (Å²) in [6.45, 7) is 24.0. The molecule has 0 saturated carbocycles. The highest BCUT2D eigenvalue weighted by Gasteiger charge is 2.32. The zero-order valence-corrected chi connectivity index (χ0v) is 26.8. The molecule has 3 aromatic heterocycles. The molecule has 226 valence electrons. The van der Waals surface area contributed by atoms with E-state index in [1.54, 1.807) is 24.5 Å². The van der Waals surface area contributed by atoms with Crippen molar-refractivity contribution in [3.8, 4) is 12.1 Å². The van der Waals surface area contributed by atoms with Gasteiger partial charge in [0.2, 0.25) is 0 Å². The maximum Gasteiger partial charge on any atom is 0.433 e. The van der Waals surface area contributed by atoms with E-state index in [9.17, 15) is 13.2 Å². The van der Waals surface area contributed by atoms with E-state index < -0.39 is 11.9 Å². The summed E-state index contributed by atoms with van der Waals surface area (Å²) < 4.78 is 36.5. The quantitative estimate of drug-likeness (QED) is 0.312. The van der Waals surface area contributed by atoms with Gasteiger partial charge in [-0.05, 0) is 65.3 Å². The second-order valence-electron chi connectivity index (χ2n) is 8.60. The number of nitriles is 2. The van der Waals surface area contributed by atoms with E-state index in [0.29, 0.717) is 28.7 Å². The molecule has 0 saturated heterocycles. The van der Waals surface area contributed by atoms with Crippen LogP contribution in [0.15, 0.2) is 55.0 Å². The van der Waals surface area contributed by atoms with Crippen LogP contribution in [0.25, 0.3) is 0 Å². The summed E-state index contributed by atoms with van der Waals surface area (Å²) >= 11 is 0. The van der Waals surface area contributed by atoms with Crippen molar-refractivity contribution >= 4 is 0 Å². The van der Waals surface area contributed by atoms with Gasteiger partial charge in [0, 0.05) is 24.3 Å². The van der Waals surface area contributed by atoms with Crippen molar-refractivity contribution in [1.82, 2.24) is 15.0 Å². The summed E-state index contributed by atoms with van der Waals surface area (Å²) in [6.07, 6.45) is 0.199. The van der Waals surface area contributed by atoms with Gasteiger partial charge in [0.25, 0.3) is 0 Å². The molecular formula is C33H48F3N5. The molecule has 0 radical (unpaired) electrons. The topological polar surface area (TPSA) is 86.2 Å². The van der Waals surface area contributed by atoms with Gasteiger partial charge in [-0.25, -0.2) is 4.98 Å². The van der Waals surface area contributed by atoms with Gasteiger partial charge in [-0.15, -0.1) is 0 Å². The zero-order chi connectivity index (χ0) is 32.6. The van der Waals surface area contributed by atoms with Crippen molar-refractivity contribution in [3.05, 3.63) is 88.8 Å². The van der Waals surface area contributed by atoms with Crippen LogP contribution < -0.4 is 0 Å². The summed E-state index contributed by atoms with van der Waals surface area (Å²) in [6, 6.07) is 14.1. The van der Waals surface area contributed by atoms with Crippen molar-refractivity contribution in [2.24, 2.45) is 0 Å². The number of pyridine rings is 3. The first-order chi connectivity index (χ1) is 19.4. The third kappa shape index (κ3) is 18.2. The average molecular weight is 572 g/mol. The summed E-state index contributed by atoms with van der Waals surface area (Å²) in [4.78, 5) is 11.3. The monoisotopic (exact) mass is 571 g/mol. The minimum absolute atomic E-state index is 0.0871. The summed E-state index contributed by atoms with van der Waals surface area (Å²) in [7, 11) is 0. The fraction of sp³-hybridized carbons (Fsp3) is 0.485. The Hall–Kier alpha value is -3.78. The SMILES string of the molecule is CC.CC.CC.CC(C)c1cc(C#N)ccn1.CC(C)c1ccnc(C#N)c1.CC(C)c1ccnc(C(F)(F)F)c1. The normalized spacial score (nSPS) is 9.46. The molecule has 3 rings (SSSR count). The van der Waals surface area contributed by atoms with Gasteiger partial charge in [-0.1, -0.05) is 83.1 Å². The molecule has 3 aromatic rings. The van der Waals surface area contributed by atoms with Gasteiger partial charge in [0.05, 0.1) is 11.6 Å². The molecule has 8 heteroatoms. The molecule has 0 aliphatic carbocycles. The van der Waals surface area contributed by atoms with Gasteiger partial charge in [0.15, 0.2) is 0 Å². The summed E-state index contributed by atoms with van der Waals surface area (Å²) in [5.74, 6) is 0.942. The number of hydrogen-bond acceptors (Lipinski definition) is 5. The Labute approximate surface area is 246 Å². The second-order valence-corrected chi connectivity index (χ2v) is 8.60. The number of aromatic nitrogens is 3. The Bertz CT molecular complexity index is 1100. The lowest BCUT2D eigenvalue weighted by Gasteiger charge is -2.09. The highest BCUT2D eigenvalue weighted by atomic mass is 19.4. The lowest BCUT2D eigenvalue weighted by Crippen LogP contribution is -2.08. The van der Waals surface area contributed by atoms with E-state index in [2.05, 4.69) is 48.7 Å². The summed E-state index contributed by atoms with van der Waals surface area (Å²) in [5.41, 5.74) is 3.15. The van der Waals surface area contributed by atoms with Crippen LogP contribution in [0.3, 0.4) is 0 Å². The minimum Gasteiger partial charge on any atom is -0.261 e. The molecule has 0 atom stereocenters. The number of nitrogens with zero attached hydrogens (tertiary/aromatic N) is 5. The standard InChI is InChI=1S/C9H10F3N.2C9H10N2.3C2H6/c1-6(2)7-3-4-13-8(5-7)9(10,11)12;1-7(2)8-3-4-11-9(5-8)6-10;1-7(2)9-5-8(6-10)3-4-11-9;3*1-2/h3-6H,1-2H3;2*3-5,7H,1-2H3;3*1-2H3. The molecule has 41 heavy (non-hydrogen) atoms. The van der Waals surface area contributed by atoms with Crippen molar-refractivity contribution in [1.29, 1.82) is 10.5 Å². The van der Waals surface area contributed by atoms with Gasteiger partial charge in [-0.2, -0.15) is 23.7 Å². The smallest absolute Gasteiger partial charge is 0.261 e. The van der Waals surface area contributed by atoms with E-state index in [-0.39, 0.29) is 5.92 Å². The van der Waals surface area contributed by atoms with E-state index in [0.717, 1.165) is 17.3 Å². The highest BCUT2D eigenvalue weighted by molar-refractivity contribution is 5.29. The van der Waals surface area contributed by atoms with Crippen molar-refractivity contribution < 1.29 is 13.2 Å². The van der Waals surface area contributed by atoms with Gasteiger partial charge < -0.3 is 0 Å². The lowest BCUT2D eigenvalue weighted by molar-refractivity contribution is -0.141. The van der Waals surface area contributed by atoms with Gasteiger partial charge in [0.1, 0.15) is 17.5 Å². The maximum absolute atomic E-state index is 12.2. The third-order valence-electron chi connectivity index (χ3n) is 4.81. The summed E-state index contributed by atoms with van der Waals surface area (Å²) in [5, 5.41) is 17.1. The number of alkyl halides is 3. The molecule has 0 bridgehead atoms. The van der Waals surface area contributed by atoms with Crippen LogP contribution in [0.1, 0.15) is 135 Å². The first-order valence-electron chi connectivity index (χ1n) is 14.1. The predicted molar refractivity (Wildman–Crippen MR) is 163 cm³/mol. The zero-order valence-electron chi connectivity index (χ0n) is 26.8. The molecule has 0 spiro atoms. The van der Waals surface area contributed by atoms with Gasteiger partial charge >= 0.3 is 6.18 Å². The molecule has 3 heterocycles. The molecule has 0 aliphatic rings. The molecular weight excluding hydrogens is 523 g/mol. The second kappa shape index (κ2) is 24.1. The van der Waals surface area contributed by atoms with Crippen molar-refractivity contribution in [2.45, 2.75) is 107 Å². The van der Waals surface area contributed by atoms with E-state index in [4.69, 9.17) is 10.5 Å². The maximum atomic E-state index is 12.2. The first kappa shape index (κ1) is 41.7. The molecule has 0 fully saturated rings. The number of hydrogen-bond donors (Lipinski definition) is 0. The Balaban J connectivity index is -0.000000484. The fourth-order valence-electron chi connectivity index (χ4n) is 2.66. The Morgan fingerprint density at radius 3 is 1.49 bits per heavy atom. The van der Waals surface area contributed by atoms with Crippen LogP contribution >= 0.6 is 0 Å². The Kier molecular flexibility index (Phi) is 24.5. The van der Waals surface area contributed by atoms with Crippen LogP contribution in [-0.2, 0) is 6.18 Å².